The number of oxazole rings is 1. The summed E-state index contributed by atoms with van der Waals surface area (Å²) in [6.45, 7) is 5.33. The molecule has 3 aromatic heterocycles. The van der Waals surface area contributed by atoms with Crippen LogP contribution in [0, 0.1) is 13.8 Å². The molecule has 47 heavy (non-hydrogen) atoms. The zero-order chi connectivity index (χ0) is 32.7. The van der Waals surface area contributed by atoms with Crippen LogP contribution in [-0.4, -0.2) is 49.8 Å². The fourth-order valence-corrected chi connectivity index (χ4v) is 6.81. The number of pyridine rings is 2. The molecule has 0 radical (unpaired) electrons. The smallest absolute Gasteiger partial charge is 0.320 e. The summed E-state index contributed by atoms with van der Waals surface area (Å²) < 4.78 is 6.25. The number of fused-ring (bicyclic) bond motifs is 2. The number of hydrogen-bond donors (Lipinski definition) is 2. The van der Waals surface area contributed by atoms with E-state index in [9.17, 15) is 14.7 Å². The number of halogens is 1. The standard InChI is InChI=1S/C37H32ClN5O4/c1-21-26(27-8-6-10-30(22(27)2)41-35-33-25(12-13-39-35)15-24(20-44)18-40-33)7-5-9-28(21)36-42-31-17-23(16-29(38)34(31)47-36)19-43-14-4-3-11-32(43)37(45)46/h5-10,12-13,15-18,20,32H,3-4,11,14,19H2,1-2H3,(H,39,41)(H,45,46). The summed E-state index contributed by atoms with van der Waals surface area (Å²) in [5, 5.41) is 14.4. The molecule has 9 nitrogen and oxygen atoms in total. The lowest BCUT2D eigenvalue weighted by atomic mass is 9.93. The summed E-state index contributed by atoms with van der Waals surface area (Å²) in [5.41, 5.74) is 9.05. The number of carboxylic acid groups (broad SMARTS) is 1. The first kappa shape index (κ1) is 30.5. The molecule has 0 aliphatic carbocycles. The van der Waals surface area contributed by atoms with E-state index in [2.05, 4.69) is 41.3 Å². The van der Waals surface area contributed by atoms with Crippen LogP contribution in [0.25, 0.3) is 44.6 Å². The molecule has 1 saturated heterocycles. The molecule has 1 aliphatic rings. The monoisotopic (exact) mass is 645 g/mol. The van der Waals surface area contributed by atoms with Gasteiger partial charge in [-0.1, -0.05) is 42.3 Å². The Bertz CT molecular complexity index is 2180. The van der Waals surface area contributed by atoms with Gasteiger partial charge in [0.15, 0.2) is 17.7 Å². The van der Waals surface area contributed by atoms with Gasteiger partial charge in [0.1, 0.15) is 17.1 Å². The number of piperidine rings is 1. The van der Waals surface area contributed by atoms with Crippen molar-refractivity contribution >= 4 is 57.4 Å². The maximum Gasteiger partial charge on any atom is 0.320 e. The number of rotatable bonds is 8. The number of anilines is 2. The van der Waals surface area contributed by atoms with Crippen LogP contribution in [-0.2, 0) is 11.3 Å². The summed E-state index contributed by atoms with van der Waals surface area (Å²) in [4.78, 5) is 38.9. The highest BCUT2D eigenvalue weighted by Gasteiger charge is 2.28. The third-order valence-corrected chi connectivity index (χ3v) is 9.27. The molecule has 6 aromatic rings. The van der Waals surface area contributed by atoms with Crippen LogP contribution in [0.3, 0.4) is 0 Å². The van der Waals surface area contributed by atoms with Gasteiger partial charge in [0, 0.05) is 41.1 Å². The Kier molecular flexibility index (Phi) is 8.17. The van der Waals surface area contributed by atoms with Crippen molar-refractivity contribution in [2.75, 3.05) is 11.9 Å². The Hall–Kier alpha value is -5.12. The van der Waals surface area contributed by atoms with Crippen molar-refractivity contribution in [3.63, 3.8) is 0 Å². The Morgan fingerprint density at radius 3 is 2.64 bits per heavy atom. The van der Waals surface area contributed by atoms with Gasteiger partial charge in [-0.3, -0.25) is 19.5 Å². The Labute approximate surface area is 276 Å². The number of carboxylic acids is 1. The van der Waals surface area contributed by atoms with E-state index in [0.717, 1.165) is 70.1 Å². The van der Waals surface area contributed by atoms with Crippen molar-refractivity contribution in [2.45, 2.75) is 45.7 Å². The van der Waals surface area contributed by atoms with Crippen molar-refractivity contribution in [3.05, 3.63) is 100 Å². The number of aromatic nitrogens is 3. The fourth-order valence-electron chi connectivity index (χ4n) is 6.53. The quantitative estimate of drug-likeness (QED) is 0.157. The molecule has 3 aromatic carbocycles. The second-order valence-electron chi connectivity index (χ2n) is 12.0. The summed E-state index contributed by atoms with van der Waals surface area (Å²) in [7, 11) is 0. The van der Waals surface area contributed by atoms with Gasteiger partial charge in [0.05, 0.1) is 5.02 Å². The molecule has 1 atom stereocenters. The molecule has 4 heterocycles. The van der Waals surface area contributed by atoms with E-state index in [4.69, 9.17) is 21.0 Å². The predicted molar refractivity (Wildman–Crippen MR) is 183 cm³/mol. The molecule has 2 N–H and O–H groups in total. The number of benzene rings is 3. The highest BCUT2D eigenvalue weighted by atomic mass is 35.5. The second kappa shape index (κ2) is 12.6. The number of hydrogen-bond acceptors (Lipinski definition) is 8. The zero-order valence-corrected chi connectivity index (χ0v) is 26.7. The van der Waals surface area contributed by atoms with Gasteiger partial charge in [-0.15, -0.1) is 0 Å². The number of carbonyl (C=O) groups excluding carboxylic acids is 1. The Morgan fingerprint density at radius 2 is 1.83 bits per heavy atom. The summed E-state index contributed by atoms with van der Waals surface area (Å²) in [6, 6.07) is 19.1. The van der Waals surface area contributed by atoms with E-state index < -0.39 is 12.0 Å². The van der Waals surface area contributed by atoms with Crippen LogP contribution in [0.2, 0.25) is 5.02 Å². The Morgan fingerprint density at radius 1 is 1.04 bits per heavy atom. The normalized spacial score (nSPS) is 15.3. The number of aldehydes is 1. The number of aliphatic carboxylic acids is 1. The SMILES string of the molecule is Cc1c(Nc2nccc3cc(C=O)cnc23)cccc1-c1cccc(-c2nc3cc(CN4CCCCC4C(=O)O)cc(Cl)c3o2)c1C. The lowest BCUT2D eigenvalue weighted by Crippen LogP contribution is -2.43. The van der Waals surface area contributed by atoms with Gasteiger partial charge in [-0.05, 0) is 97.4 Å². The van der Waals surface area contributed by atoms with Gasteiger partial charge < -0.3 is 14.8 Å². The van der Waals surface area contributed by atoms with Crippen molar-refractivity contribution in [3.8, 4) is 22.6 Å². The van der Waals surface area contributed by atoms with Crippen molar-refractivity contribution in [2.24, 2.45) is 0 Å². The summed E-state index contributed by atoms with van der Waals surface area (Å²) in [5.74, 6) is 0.281. The fraction of sp³-hybridized carbons (Fsp3) is 0.216. The second-order valence-corrected chi connectivity index (χ2v) is 12.4. The van der Waals surface area contributed by atoms with Gasteiger partial charge in [0.25, 0.3) is 0 Å². The lowest BCUT2D eigenvalue weighted by molar-refractivity contribution is -0.144. The third-order valence-electron chi connectivity index (χ3n) is 8.99. The van der Waals surface area contributed by atoms with E-state index >= 15 is 0 Å². The molecular weight excluding hydrogens is 614 g/mol. The maximum atomic E-state index is 11.8. The van der Waals surface area contributed by atoms with E-state index in [1.807, 2.05) is 47.4 Å². The topological polar surface area (TPSA) is 121 Å². The predicted octanol–water partition coefficient (Wildman–Crippen LogP) is 8.37. The Balaban J connectivity index is 1.21. The first-order valence-corrected chi connectivity index (χ1v) is 15.9. The minimum absolute atomic E-state index is 0.447. The zero-order valence-electron chi connectivity index (χ0n) is 26.0. The van der Waals surface area contributed by atoms with Crippen molar-refractivity contribution in [1.82, 2.24) is 19.9 Å². The highest BCUT2D eigenvalue weighted by molar-refractivity contribution is 6.34. The molecule has 0 bridgehead atoms. The van der Waals surface area contributed by atoms with Gasteiger partial charge in [0.2, 0.25) is 5.89 Å². The van der Waals surface area contributed by atoms with Crippen LogP contribution in [0.5, 0.6) is 0 Å². The van der Waals surface area contributed by atoms with Crippen molar-refractivity contribution < 1.29 is 19.1 Å². The maximum absolute atomic E-state index is 11.8. The average Bonchev–Trinajstić information content (AvgIpc) is 3.50. The van der Waals surface area contributed by atoms with Crippen LogP contribution < -0.4 is 5.32 Å². The lowest BCUT2D eigenvalue weighted by Gasteiger charge is -2.32. The van der Waals surface area contributed by atoms with Gasteiger partial charge >= 0.3 is 5.97 Å². The summed E-state index contributed by atoms with van der Waals surface area (Å²) in [6.07, 6.45) is 6.57. The van der Waals surface area contributed by atoms with E-state index in [1.165, 1.54) is 0 Å². The molecular formula is C37H32ClN5O4. The molecule has 1 aliphatic heterocycles. The first-order chi connectivity index (χ1) is 22.8. The number of nitrogens with one attached hydrogen (secondary N) is 1. The van der Waals surface area contributed by atoms with Crippen LogP contribution in [0.1, 0.15) is 46.3 Å². The van der Waals surface area contributed by atoms with E-state index in [0.29, 0.717) is 51.9 Å². The molecule has 10 heteroatoms. The van der Waals surface area contributed by atoms with Crippen LogP contribution >= 0.6 is 11.6 Å². The number of likely N-dealkylation sites (tertiary alicyclic amines) is 1. The number of carbonyl (C=O) groups is 2. The number of nitrogens with zero attached hydrogens (tertiary/aromatic N) is 4. The minimum Gasteiger partial charge on any atom is -0.480 e. The third kappa shape index (κ3) is 5.84. The molecule has 0 spiro atoms. The minimum atomic E-state index is -0.788. The molecule has 0 amide bonds. The highest BCUT2D eigenvalue weighted by Crippen LogP contribution is 2.38. The molecule has 1 unspecified atom stereocenters. The summed E-state index contributed by atoms with van der Waals surface area (Å²) >= 11 is 6.70. The van der Waals surface area contributed by atoms with Gasteiger partial charge in [-0.2, -0.15) is 0 Å². The average molecular weight is 646 g/mol. The first-order valence-electron chi connectivity index (χ1n) is 15.5. The van der Waals surface area contributed by atoms with Crippen LogP contribution in [0.4, 0.5) is 11.5 Å². The van der Waals surface area contributed by atoms with E-state index in [-0.39, 0.29) is 0 Å². The molecule has 7 rings (SSSR count). The van der Waals surface area contributed by atoms with Gasteiger partial charge in [-0.25, -0.2) is 9.97 Å². The van der Waals surface area contributed by atoms with E-state index in [1.54, 1.807) is 18.5 Å². The van der Waals surface area contributed by atoms with Crippen LogP contribution in [0.15, 0.2) is 77.5 Å². The molecule has 0 saturated carbocycles. The van der Waals surface area contributed by atoms with Crippen molar-refractivity contribution in [1.29, 1.82) is 0 Å². The largest absolute Gasteiger partial charge is 0.480 e. The molecule has 1 fully saturated rings. The molecule has 236 valence electrons.